The van der Waals surface area contributed by atoms with E-state index in [2.05, 4.69) is 25.6 Å². The molecule has 0 spiro atoms. The SMILES string of the molecule is O=C(Nc1ccnc(-c2ccncc2)n1)NC1CCCCC1. The van der Waals surface area contributed by atoms with Crippen LogP contribution in [0.5, 0.6) is 0 Å². The molecule has 114 valence electrons. The molecular formula is C16H19N5O. The lowest BCUT2D eigenvalue weighted by Crippen LogP contribution is -2.39. The number of anilines is 1. The van der Waals surface area contributed by atoms with E-state index < -0.39 is 0 Å². The van der Waals surface area contributed by atoms with Crippen LogP contribution < -0.4 is 10.6 Å². The van der Waals surface area contributed by atoms with Gasteiger partial charge in [-0.3, -0.25) is 10.3 Å². The first-order valence-electron chi connectivity index (χ1n) is 7.62. The first kappa shape index (κ1) is 14.4. The monoisotopic (exact) mass is 297 g/mol. The van der Waals surface area contributed by atoms with Gasteiger partial charge in [0.25, 0.3) is 0 Å². The van der Waals surface area contributed by atoms with Gasteiger partial charge < -0.3 is 5.32 Å². The Morgan fingerprint density at radius 2 is 1.82 bits per heavy atom. The van der Waals surface area contributed by atoms with E-state index in [-0.39, 0.29) is 12.1 Å². The first-order chi connectivity index (χ1) is 10.8. The molecule has 2 N–H and O–H groups in total. The van der Waals surface area contributed by atoms with Crippen LogP contribution in [-0.2, 0) is 0 Å². The summed E-state index contributed by atoms with van der Waals surface area (Å²) in [6.45, 7) is 0. The summed E-state index contributed by atoms with van der Waals surface area (Å²) in [6, 6.07) is 5.43. The number of carbonyl (C=O) groups excluding carboxylic acids is 1. The van der Waals surface area contributed by atoms with Crippen LogP contribution >= 0.6 is 0 Å². The standard InChI is InChI=1S/C16H19N5O/c22-16(19-13-4-2-1-3-5-13)21-14-8-11-18-15(20-14)12-6-9-17-10-7-12/h6-11,13H,1-5H2,(H2,18,19,20,21,22). The molecule has 0 saturated heterocycles. The van der Waals surface area contributed by atoms with Crippen molar-refractivity contribution in [1.29, 1.82) is 0 Å². The van der Waals surface area contributed by atoms with Gasteiger partial charge in [-0.25, -0.2) is 14.8 Å². The van der Waals surface area contributed by atoms with E-state index in [0.29, 0.717) is 11.6 Å². The molecule has 0 aliphatic heterocycles. The number of hydrogen-bond acceptors (Lipinski definition) is 4. The zero-order chi connectivity index (χ0) is 15.2. The van der Waals surface area contributed by atoms with Crippen molar-refractivity contribution < 1.29 is 4.79 Å². The van der Waals surface area contributed by atoms with Gasteiger partial charge in [-0.15, -0.1) is 0 Å². The van der Waals surface area contributed by atoms with Gasteiger partial charge in [-0.2, -0.15) is 0 Å². The smallest absolute Gasteiger partial charge is 0.320 e. The van der Waals surface area contributed by atoms with Crippen molar-refractivity contribution in [3.05, 3.63) is 36.8 Å². The summed E-state index contributed by atoms with van der Waals surface area (Å²) < 4.78 is 0. The molecule has 1 aliphatic rings. The molecule has 3 rings (SSSR count). The summed E-state index contributed by atoms with van der Waals surface area (Å²) >= 11 is 0. The lowest BCUT2D eigenvalue weighted by molar-refractivity contribution is 0.244. The molecule has 2 aromatic heterocycles. The zero-order valence-corrected chi connectivity index (χ0v) is 12.3. The van der Waals surface area contributed by atoms with E-state index in [9.17, 15) is 4.79 Å². The summed E-state index contributed by atoms with van der Waals surface area (Å²) in [5, 5.41) is 5.79. The Labute approximate surface area is 129 Å². The van der Waals surface area contributed by atoms with Crippen LogP contribution in [0.1, 0.15) is 32.1 Å². The number of carbonyl (C=O) groups is 1. The second kappa shape index (κ2) is 6.98. The predicted molar refractivity (Wildman–Crippen MR) is 84.3 cm³/mol. The molecular weight excluding hydrogens is 278 g/mol. The van der Waals surface area contributed by atoms with E-state index in [1.807, 2.05) is 12.1 Å². The zero-order valence-electron chi connectivity index (χ0n) is 12.3. The van der Waals surface area contributed by atoms with Gasteiger partial charge in [0.15, 0.2) is 5.82 Å². The molecule has 1 fully saturated rings. The Morgan fingerprint density at radius 3 is 2.59 bits per heavy atom. The average Bonchev–Trinajstić information content (AvgIpc) is 2.57. The Hall–Kier alpha value is -2.50. The summed E-state index contributed by atoms with van der Waals surface area (Å²) in [4.78, 5) is 24.6. The molecule has 6 nitrogen and oxygen atoms in total. The third kappa shape index (κ3) is 3.78. The van der Waals surface area contributed by atoms with Gasteiger partial charge in [0.05, 0.1) is 0 Å². The lowest BCUT2D eigenvalue weighted by Gasteiger charge is -2.22. The van der Waals surface area contributed by atoms with Crippen LogP contribution in [0.25, 0.3) is 11.4 Å². The fourth-order valence-corrected chi connectivity index (χ4v) is 2.65. The van der Waals surface area contributed by atoms with E-state index in [1.165, 1.54) is 19.3 Å². The molecule has 2 amide bonds. The predicted octanol–water partition coefficient (Wildman–Crippen LogP) is 2.99. The highest BCUT2D eigenvalue weighted by molar-refractivity contribution is 5.88. The summed E-state index contributed by atoms with van der Waals surface area (Å²) in [6.07, 6.45) is 10.8. The van der Waals surface area contributed by atoms with E-state index in [0.717, 1.165) is 18.4 Å². The van der Waals surface area contributed by atoms with E-state index >= 15 is 0 Å². The average molecular weight is 297 g/mol. The van der Waals surface area contributed by atoms with Crippen LogP contribution in [0, 0.1) is 0 Å². The summed E-state index contributed by atoms with van der Waals surface area (Å²) in [7, 11) is 0. The third-order valence-corrected chi connectivity index (χ3v) is 3.78. The van der Waals surface area contributed by atoms with Crippen LogP contribution in [0.2, 0.25) is 0 Å². The lowest BCUT2D eigenvalue weighted by atomic mass is 9.96. The van der Waals surface area contributed by atoms with E-state index in [4.69, 9.17) is 0 Å². The number of pyridine rings is 1. The Bertz CT molecular complexity index is 625. The molecule has 0 atom stereocenters. The highest BCUT2D eigenvalue weighted by atomic mass is 16.2. The van der Waals surface area contributed by atoms with Gasteiger partial charge >= 0.3 is 6.03 Å². The number of aromatic nitrogens is 3. The van der Waals surface area contributed by atoms with Crippen LogP contribution in [0.3, 0.4) is 0 Å². The minimum absolute atomic E-state index is 0.203. The van der Waals surface area contributed by atoms with Gasteiger partial charge in [-0.05, 0) is 31.0 Å². The van der Waals surface area contributed by atoms with Gasteiger partial charge in [-0.1, -0.05) is 19.3 Å². The second-order valence-electron chi connectivity index (χ2n) is 5.43. The van der Waals surface area contributed by atoms with E-state index in [1.54, 1.807) is 24.7 Å². The fraction of sp³-hybridized carbons (Fsp3) is 0.375. The van der Waals surface area contributed by atoms with Crippen LogP contribution in [0.4, 0.5) is 10.6 Å². The van der Waals surface area contributed by atoms with Gasteiger partial charge in [0.2, 0.25) is 0 Å². The Kier molecular flexibility index (Phi) is 4.58. The third-order valence-electron chi connectivity index (χ3n) is 3.78. The largest absolute Gasteiger partial charge is 0.335 e. The molecule has 22 heavy (non-hydrogen) atoms. The normalized spacial score (nSPS) is 15.3. The van der Waals surface area contributed by atoms with Crippen molar-refractivity contribution in [3.63, 3.8) is 0 Å². The summed E-state index contributed by atoms with van der Waals surface area (Å²) in [5.74, 6) is 1.06. The topological polar surface area (TPSA) is 79.8 Å². The van der Waals surface area contributed by atoms with Gasteiger partial charge in [0.1, 0.15) is 5.82 Å². The number of urea groups is 1. The molecule has 6 heteroatoms. The summed E-state index contributed by atoms with van der Waals surface area (Å²) in [5.41, 5.74) is 0.867. The minimum atomic E-state index is -0.203. The molecule has 0 aromatic carbocycles. The number of rotatable bonds is 3. The van der Waals surface area contributed by atoms with Gasteiger partial charge in [0, 0.05) is 30.2 Å². The van der Waals surface area contributed by atoms with Crippen molar-refractivity contribution in [2.45, 2.75) is 38.1 Å². The molecule has 2 heterocycles. The molecule has 1 aliphatic carbocycles. The highest BCUT2D eigenvalue weighted by Gasteiger charge is 2.15. The number of nitrogens with zero attached hydrogens (tertiary/aromatic N) is 3. The fourth-order valence-electron chi connectivity index (χ4n) is 2.65. The molecule has 2 aromatic rings. The second-order valence-corrected chi connectivity index (χ2v) is 5.43. The van der Waals surface area contributed by atoms with Crippen LogP contribution in [0.15, 0.2) is 36.8 Å². The number of amides is 2. The van der Waals surface area contributed by atoms with Crippen molar-refractivity contribution in [2.75, 3.05) is 5.32 Å². The number of hydrogen-bond donors (Lipinski definition) is 2. The maximum atomic E-state index is 12.0. The number of nitrogens with one attached hydrogen (secondary N) is 2. The maximum Gasteiger partial charge on any atom is 0.320 e. The van der Waals surface area contributed by atoms with Crippen LogP contribution in [-0.4, -0.2) is 27.0 Å². The maximum absolute atomic E-state index is 12.0. The molecule has 1 saturated carbocycles. The van der Waals surface area contributed by atoms with Crippen molar-refractivity contribution >= 4 is 11.8 Å². The Balaban J connectivity index is 1.64. The molecule has 0 radical (unpaired) electrons. The highest BCUT2D eigenvalue weighted by Crippen LogP contribution is 2.18. The van der Waals surface area contributed by atoms with Crippen molar-refractivity contribution in [2.24, 2.45) is 0 Å². The molecule has 0 unspecified atom stereocenters. The first-order valence-corrected chi connectivity index (χ1v) is 7.62. The Morgan fingerprint density at radius 1 is 1.05 bits per heavy atom. The minimum Gasteiger partial charge on any atom is -0.335 e. The van der Waals surface area contributed by atoms with Crippen molar-refractivity contribution in [3.8, 4) is 11.4 Å². The molecule has 0 bridgehead atoms. The quantitative estimate of drug-likeness (QED) is 0.912. The van der Waals surface area contributed by atoms with Crippen molar-refractivity contribution in [1.82, 2.24) is 20.3 Å².